The quantitative estimate of drug-likeness (QED) is 0.227. The van der Waals surface area contributed by atoms with Gasteiger partial charge in [-0.05, 0) is 68.7 Å². The average molecular weight is 504 g/mol. The number of rotatable bonds is 8. The molecule has 3 heterocycles. The van der Waals surface area contributed by atoms with E-state index in [0.717, 1.165) is 28.7 Å². The summed E-state index contributed by atoms with van der Waals surface area (Å²) in [6, 6.07) is 13.5. The van der Waals surface area contributed by atoms with Crippen molar-refractivity contribution in [2.75, 3.05) is 5.32 Å². The number of aromatic amines is 1. The van der Waals surface area contributed by atoms with Crippen molar-refractivity contribution >= 4 is 39.9 Å². The first-order valence-electron chi connectivity index (χ1n) is 11.8. The molecule has 0 aliphatic rings. The molecule has 0 saturated heterocycles. The summed E-state index contributed by atoms with van der Waals surface area (Å²) in [4.78, 5) is 22.7. The number of para-hydroxylation sites is 1. The van der Waals surface area contributed by atoms with Gasteiger partial charge in [-0.3, -0.25) is 9.89 Å². The van der Waals surface area contributed by atoms with E-state index in [9.17, 15) is 9.18 Å². The van der Waals surface area contributed by atoms with Crippen LogP contribution in [0.2, 0.25) is 0 Å². The van der Waals surface area contributed by atoms with Crippen LogP contribution in [0.4, 0.5) is 10.1 Å². The molecule has 1 amide bonds. The Morgan fingerprint density at radius 1 is 1.11 bits per heavy atom. The maximum atomic E-state index is 13.2. The second-order valence-electron chi connectivity index (χ2n) is 8.60. The molecule has 8 nitrogen and oxygen atoms in total. The third-order valence-electron chi connectivity index (χ3n) is 6.10. The first kappa shape index (κ1) is 23.9. The maximum Gasteiger partial charge on any atom is 0.237 e. The van der Waals surface area contributed by atoms with Crippen molar-refractivity contribution in [2.45, 2.75) is 50.4 Å². The molecule has 1 atom stereocenters. The summed E-state index contributed by atoms with van der Waals surface area (Å²) in [7, 11) is 0. The van der Waals surface area contributed by atoms with E-state index < -0.39 is 5.25 Å². The normalized spacial score (nSPS) is 12.3. The number of aromatic nitrogens is 6. The highest BCUT2D eigenvalue weighted by Gasteiger charge is 2.23. The number of aryl methyl sites for hydroxylation is 3. The van der Waals surface area contributed by atoms with Crippen molar-refractivity contribution in [1.82, 2.24) is 29.8 Å². The molecular formula is C26H26FN7OS. The summed E-state index contributed by atoms with van der Waals surface area (Å²) < 4.78 is 15.0. The lowest BCUT2D eigenvalue weighted by molar-refractivity contribution is -0.115. The van der Waals surface area contributed by atoms with E-state index in [4.69, 9.17) is 15.1 Å². The first-order valence-corrected chi connectivity index (χ1v) is 12.7. The molecule has 0 unspecified atom stereocenters. The van der Waals surface area contributed by atoms with E-state index in [1.165, 1.54) is 29.5 Å². The van der Waals surface area contributed by atoms with Gasteiger partial charge in [0.2, 0.25) is 5.91 Å². The zero-order valence-electron chi connectivity index (χ0n) is 20.2. The summed E-state index contributed by atoms with van der Waals surface area (Å²) in [5, 5.41) is 16.0. The van der Waals surface area contributed by atoms with Gasteiger partial charge in [-0.15, -0.1) is 5.10 Å². The topological polar surface area (TPSA) is 101 Å². The lowest BCUT2D eigenvalue weighted by Gasteiger charge is -2.15. The van der Waals surface area contributed by atoms with Gasteiger partial charge in [-0.1, -0.05) is 30.8 Å². The summed E-state index contributed by atoms with van der Waals surface area (Å²) >= 11 is 1.35. The van der Waals surface area contributed by atoms with Crippen LogP contribution in [0.25, 0.3) is 16.6 Å². The van der Waals surface area contributed by atoms with Crippen molar-refractivity contribution < 1.29 is 9.18 Å². The van der Waals surface area contributed by atoms with Gasteiger partial charge in [0.15, 0.2) is 16.6 Å². The van der Waals surface area contributed by atoms with Crippen LogP contribution in [0.15, 0.2) is 53.7 Å². The SMILES string of the molecule is CC[C@@H](Sc1nc2ccccc2c2nc(CCc3c(C)n[nH]c3C)nn12)C(=O)Nc1ccc(F)cc1. The van der Waals surface area contributed by atoms with Gasteiger partial charge in [0, 0.05) is 23.2 Å². The number of hydrogen-bond acceptors (Lipinski definition) is 6. The third kappa shape index (κ3) is 4.81. The number of benzene rings is 2. The molecule has 10 heteroatoms. The Hall–Kier alpha value is -3.79. The Morgan fingerprint density at radius 3 is 2.61 bits per heavy atom. The van der Waals surface area contributed by atoms with E-state index in [2.05, 4.69) is 15.5 Å². The molecular weight excluding hydrogens is 477 g/mol. The summed E-state index contributed by atoms with van der Waals surface area (Å²) in [6.45, 7) is 5.95. The number of halogens is 1. The number of thioether (sulfide) groups is 1. The molecule has 0 radical (unpaired) electrons. The molecule has 2 N–H and O–H groups in total. The van der Waals surface area contributed by atoms with Crippen molar-refractivity contribution in [3.05, 3.63) is 77.1 Å². The van der Waals surface area contributed by atoms with Crippen LogP contribution in [-0.4, -0.2) is 40.9 Å². The minimum atomic E-state index is -0.421. The lowest BCUT2D eigenvalue weighted by atomic mass is 10.1. The lowest BCUT2D eigenvalue weighted by Crippen LogP contribution is -2.25. The van der Waals surface area contributed by atoms with Gasteiger partial charge < -0.3 is 5.32 Å². The average Bonchev–Trinajstić information content (AvgIpc) is 3.45. The highest BCUT2D eigenvalue weighted by atomic mass is 32.2. The van der Waals surface area contributed by atoms with Gasteiger partial charge in [0.1, 0.15) is 5.82 Å². The van der Waals surface area contributed by atoms with Crippen molar-refractivity contribution in [2.24, 2.45) is 0 Å². The van der Waals surface area contributed by atoms with Crippen LogP contribution in [0.5, 0.6) is 0 Å². The number of anilines is 1. The van der Waals surface area contributed by atoms with Crippen molar-refractivity contribution in [3.63, 3.8) is 0 Å². The molecule has 36 heavy (non-hydrogen) atoms. The number of carbonyl (C=O) groups excluding carboxylic acids is 1. The maximum absolute atomic E-state index is 13.2. The number of carbonyl (C=O) groups is 1. The number of fused-ring (bicyclic) bond motifs is 3. The van der Waals surface area contributed by atoms with Gasteiger partial charge in [0.25, 0.3) is 0 Å². The van der Waals surface area contributed by atoms with Crippen LogP contribution < -0.4 is 5.32 Å². The fraction of sp³-hybridized carbons (Fsp3) is 0.269. The Morgan fingerprint density at radius 2 is 1.89 bits per heavy atom. The largest absolute Gasteiger partial charge is 0.325 e. The van der Waals surface area contributed by atoms with E-state index >= 15 is 0 Å². The molecule has 0 aliphatic carbocycles. The fourth-order valence-electron chi connectivity index (χ4n) is 4.14. The number of nitrogens with zero attached hydrogens (tertiary/aromatic N) is 5. The van der Waals surface area contributed by atoms with Crippen LogP contribution in [0, 0.1) is 19.7 Å². The Labute approximate surface area is 211 Å². The van der Waals surface area contributed by atoms with Crippen LogP contribution in [0.3, 0.4) is 0 Å². The smallest absolute Gasteiger partial charge is 0.237 e. The molecule has 0 spiro atoms. The molecule has 0 aliphatic heterocycles. The van der Waals surface area contributed by atoms with Crippen molar-refractivity contribution in [1.29, 1.82) is 0 Å². The van der Waals surface area contributed by atoms with Gasteiger partial charge in [-0.2, -0.15) is 9.61 Å². The number of hydrogen-bond donors (Lipinski definition) is 2. The standard InChI is InChI=1S/C26H26FN7OS/c1-4-22(25(35)28-18-11-9-17(27)10-12-18)36-26-29-21-8-6-5-7-20(21)24-30-23(33-34(24)26)14-13-19-15(2)31-32-16(19)3/h5-12,22H,4,13-14H2,1-3H3,(H,28,35)(H,31,32)/t22-/m1/s1. The number of amides is 1. The van der Waals surface area contributed by atoms with Crippen LogP contribution >= 0.6 is 11.8 Å². The zero-order valence-corrected chi connectivity index (χ0v) is 21.1. The van der Waals surface area contributed by atoms with E-state index in [-0.39, 0.29) is 11.7 Å². The van der Waals surface area contributed by atoms with Gasteiger partial charge in [0.05, 0.1) is 16.5 Å². The first-order chi connectivity index (χ1) is 17.4. The Bertz CT molecular complexity index is 1520. The minimum Gasteiger partial charge on any atom is -0.325 e. The van der Waals surface area contributed by atoms with Gasteiger partial charge in [-0.25, -0.2) is 14.4 Å². The van der Waals surface area contributed by atoms with Crippen molar-refractivity contribution in [3.8, 4) is 0 Å². The summed E-state index contributed by atoms with van der Waals surface area (Å²) in [5.41, 5.74) is 5.27. The molecule has 2 aromatic carbocycles. The fourth-order valence-corrected chi connectivity index (χ4v) is 5.11. The monoisotopic (exact) mass is 503 g/mol. The molecule has 0 saturated carbocycles. The molecule has 0 bridgehead atoms. The van der Waals surface area contributed by atoms with Crippen LogP contribution in [0.1, 0.15) is 36.1 Å². The molecule has 0 fully saturated rings. The van der Waals surface area contributed by atoms with Crippen LogP contribution in [-0.2, 0) is 17.6 Å². The van der Waals surface area contributed by atoms with E-state index in [1.54, 1.807) is 16.6 Å². The van der Waals surface area contributed by atoms with Gasteiger partial charge >= 0.3 is 0 Å². The molecule has 184 valence electrons. The predicted molar refractivity (Wildman–Crippen MR) is 139 cm³/mol. The number of H-pyrrole nitrogens is 1. The zero-order chi connectivity index (χ0) is 25.2. The Balaban J connectivity index is 1.45. The molecule has 5 rings (SSSR count). The Kier molecular flexibility index (Phi) is 6.69. The predicted octanol–water partition coefficient (Wildman–Crippen LogP) is 5.05. The molecule has 3 aromatic heterocycles. The number of nitrogens with one attached hydrogen (secondary N) is 2. The second-order valence-corrected chi connectivity index (χ2v) is 9.77. The summed E-state index contributed by atoms with van der Waals surface area (Å²) in [5.74, 6) is 0.180. The minimum absolute atomic E-state index is 0.177. The highest BCUT2D eigenvalue weighted by molar-refractivity contribution is 8.00. The molecule has 5 aromatic rings. The van der Waals surface area contributed by atoms with E-state index in [0.29, 0.717) is 35.2 Å². The second kappa shape index (κ2) is 10.1. The summed E-state index contributed by atoms with van der Waals surface area (Å²) in [6.07, 6.45) is 2.01. The highest BCUT2D eigenvalue weighted by Crippen LogP contribution is 2.29. The third-order valence-corrected chi connectivity index (χ3v) is 7.40. The van der Waals surface area contributed by atoms with E-state index in [1.807, 2.05) is 45.0 Å².